The molecule has 7 heteroatoms. The number of hydrogen-bond donors (Lipinski definition) is 1. The molecule has 3 aromatic rings. The quantitative estimate of drug-likeness (QED) is 0.428. The van der Waals surface area contributed by atoms with Gasteiger partial charge in [-0.15, -0.1) is 0 Å². The van der Waals surface area contributed by atoms with E-state index in [1.807, 2.05) is 62.4 Å². The number of benzene rings is 3. The molecule has 31 heavy (non-hydrogen) atoms. The van der Waals surface area contributed by atoms with E-state index >= 15 is 0 Å². The van der Waals surface area contributed by atoms with Crippen LogP contribution in [0.5, 0.6) is 0 Å². The smallest absolute Gasteiger partial charge is 0.283 e. The Kier molecular flexibility index (Phi) is 6.10. The molecule has 0 aliphatic carbocycles. The molecule has 4 nitrogen and oxygen atoms in total. The first-order valence-corrected chi connectivity index (χ1v) is 11.1. The topological polar surface area (TPSA) is 49.4 Å². The van der Waals surface area contributed by atoms with Crippen LogP contribution in [0.4, 0.5) is 11.4 Å². The number of amides is 2. The van der Waals surface area contributed by atoms with E-state index in [-0.39, 0.29) is 5.70 Å². The van der Waals surface area contributed by atoms with E-state index in [1.54, 1.807) is 18.2 Å². The molecule has 156 valence electrons. The van der Waals surface area contributed by atoms with Gasteiger partial charge in [-0.3, -0.25) is 9.59 Å². The molecular weight excluding hydrogens is 451 g/mol. The van der Waals surface area contributed by atoms with Gasteiger partial charge < -0.3 is 5.32 Å². The van der Waals surface area contributed by atoms with E-state index in [9.17, 15) is 9.59 Å². The Morgan fingerprint density at radius 2 is 1.52 bits per heavy atom. The van der Waals surface area contributed by atoms with Crippen LogP contribution in [0.25, 0.3) is 0 Å². The summed E-state index contributed by atoms with van der Waals surface area (Å²) in [5.74, 6) is -0.882. The average Bonchev–Trinajstić information content (AvgIpc) is 2.95. The fourth-order valence-corrected chi connectivity index (χ4v) is 4.71. The Morgan fingerprint density at radius 3 is 2.19 bits per heavy atom. The van der Waals surface area contributed by atoms with Crippen molar-refractivity contribution >= 4 is 58.2 Å². The van der Waals surface area contributed by atoms with Gasteiger partial charge in [-0.1, -0.05) is 65.3 Å². The molecule has 0 aromatic heterocycles. The standard InChI is InChI=1S/C24H18Cl2N2O2S/c1-14-7-6-10-20(15(14)2)27-21-22(31-19-8-4-3-5-9-19)24(30)28(23(21)29)18-12-16(25)11-17(26)13-18/h3-13,27H,1-2H3. The van der Waals surface area contributed by atoms with Crippen molar-refractivity contribution in [1.82, 2.24) is 0 Å². The van der Waals surface area contributed by atoms with Crippen molar-refractivity contribution in [3.8, 4) is 0 Å². The second-order valence-corrected chi connectivity index (χ2v) is 9.02. The predicted molar refractivity (Wildman–Crippen MR) is 128 cm³/mol. The maximum absolute atomic E-state index is 13.4. The molecule has 0 bridgehead atoms. The average molecular weight is 469 g/mol. The molecule has 3 aromatic carbocycles. The summed E-state index contributed by atoms with van der Waals surface area (Å²) in [5, 5.41) is 3.90. The van der Waals surface area contributed by atoms with E-state index in [4.69, 9.17) is 23.2 Å². The third-order valence-corrected chi connectivity index (χ3v) is 6.50. The van der Waals surface area contributed by atoms with Gasteiger partial charge in [0.05, 0.1) is 5.69 Å². The van der Waals surface area contributed by atoms with E-state index in [0.29, 0.717) is 20.6 Å². The summed E-state index contributed by atoms with van der Waals surface area (Å²) >= 11 is 13.5. The van der Waals surface area contributed by atoms with Crippen LogP contribution >= 0.6 is 35.0 Å². The normalized spacial score (nSPS) is 13.9. The highest BCUT2D eigenvalue weighted by atomic mass is 35.5. The van der Waals surface area contributed by atoms with Gasteiger partial charge in [-0.05, 0) is 61.4 Å². The van der Waals surface area contributed by atoms with Crippen LogP contribution in [0.2, 0.25) is 10.0 Å². The summed E-state index contributed by atoms with van der Waals surface area (Å²) in [7, 11) is 0. The summed E-state index contributed by atoms with van der Waals surface area (Å²) in [5.41, 5.74) is 3.41. The fourth-order valence-electron chi connectivity index (χ4n) is 3.25. The Labute approximate surface area is 194 Å². The number of hydrogen-bond acceptors (Lipinski definition) is 4. The number of rotatable bonds is 5. The number of imide groups is 1. The zero-order valence-corrected chi connectivity index (χ0v) is 19.1. The van der Waals surface area contributed by atoms with Crippen LogP contribution in [0.1, 0.15) is 11.1 Å². The number of thioether (sulfide) groups is 1. The minimum absolute atomic E-state index is 0.226. The molecule has 1 heterocycles. The Morgan fingerprint density at radius 1 is 0.839 bits per heavy atom. The number of nitrogens with one attached hydrogen (secondary N) is 1. The first-order valence-electron chi connectivity index (χ1n) is 9.50. The summed E-state index contributed by atoms with van der Waals surface area (Å²) in [6, 6.07) is 19.9. The van der Waals surface area contributed by atoms with E-state index in [1.165, 1.54) is 11.8 Å². The molecular formula is C24H18Cl2N2O2S. The molecule has 0 fully saturated rings. The lowest BCUT2D eigenvalue weighted by Crippen LogP contribution is -2.32. The van der Waals surface area contributed by atoms with Crippen LogP contribution in [0, 0.1) is 13.8 Å². The zero-order valence-electron chi connectivity index (χ0n) is 16.8. The van der Waals surface area contributed by atoms with Gasteiger partial charge in [0.2, 0.25) is 0 Å². The molecule has 0 saturated carbocycles. The Balaban J connectivity index is 1.79. The van der Waals surface area contributed by atoms with Gasteiger partial charge >= 0.3 is 0 Å². The minimum atomic E-state index is -0.456. The number of carbonyl (C=O) groups is 2. The van der Waals surface area contributed by atoms with Gasteiger partial charge in [0.1, 0.15) is 10.6 Å². The maximum Gasteiger partial charge on any atom is 0.283 e. The number of carbonyl (C=O) groups excluding carboxylic acids is 2. The molecule has 0 atom stereocenters. The SMILES string of the molecule is Cc1cccc(NC2=C(Sc3ccccc3)C(=O)N(c3cc(Cl)cc(Cl)c3)C2=O)c1C. The van der Waals surface area contributed by atoms with Crippen molar-refractivity contribution in [3.05, 3.63) is 98.5 Å². The van der Waals surface area contributed by atoms with Crippen molar-refractivity contribution in [2.24, 2.45) is 0 Å². The molecule has 1 aliphatic rings. The lowest BCUT2D eigenvalue weighted by molar-refractivity contribution is -0.120. The third kappa shape index (κ3) is 4.35. The predicted octanol–water partition coefficient (Wildman–Crippen LogP) is 6.60. The lowest BCUT2D eigenvalue weighted by Gasteiger charge is -2.16. The van der Waals surface area contributed by atoms with Crippen molar-refractivity contribution in [1.29, 1.82) is 0 Å². The van der Waals surface area contributed by atoms with Crippen LogP contribution < -0.4 is 10.2 Å². The van der Waals surface area contributed by atoms with Gasteiger partial charge in [-0.2, -0.15) is 0 Å². The highest BCUT2D eigenvalue weighted by Gasteiger charge is 2.40. The molecule has 0 unspecified atom stereocenters. The minimum Gasteiger partial charge on any atom is -0.350 e. The van der Waals surface area contributed by atoms with Gasteiger partial charge in [0.15, 0.2) is 0 Å². The summed E-state index contributed by atoms with van der Waals surface area (Å²) in [6.07, 6.45) is 0. The molecule has 0 radical (unpaired) electrons. The highest BCUT2D eigenvalue weighted by Crippen LogP contribution is 2.39. The van der Waals surface area contributed by atoms with Crippen molar-refractivity contribution in [2.45, 2.75) is 18.7 Å². The first kappa shape index (κ1) is 21.5. The second kappa shape index (κ2) is 8.79. The lowest BCUT2D eigenvalue weighted by atomic mass is 10.1. The largest absolute Gasteiger partial charge is 0.350 e. The zero-order chi connectivity index (χ0) is 22.1. The highest BCUT2D eigenvalue weighted by molar-refractivity contribution is 8.04. The van der Waals surface area contributed by atoms with Gasteiger partial charge in [0.25, 0.3) is 11.8 Å². The van der Waals surface area contributed by atoms with Crippen LogP contribution in [-0.4, -0.2) is 11.8 Å². The van der Waals surface area contributed by atoms with Crippen molar-refractivity contribution in [3.63, 3.8) is 0 Å². The summed E-state index contributed by atoms with van der Waals surface area (Å²) in [6.45, 7) is 3.97. The number of aryl methyl sites for hydroxylation is 1. The molecule has 4 rings (SSSR count). The summed E-state index contributed by atoms with van der Waals surface area (Å²) in [4.78, 5) is 29.1. The molecule has 0 saturated heterocycles. The van der Waals surface area contributed by atoms with E-state index in [2.05, 4.69) is 5.32 Å². The maximum atomic E-state index is 13.4. The van der Waals surface area contributed by atoms with E-state index < -0.39 is 11.8 Å². The van der Waals surface area contributed by atoms with Gasteiger partial charge in [0, 0.05) is 20.6 Å². The second-order valence-electron chi connectivity index (χ2n) is 7.07. The van der Waals surface area contributed by atoms with Crippen molar-refractivity contribution < 1.29 is 9.59 Å². The van der Waals surface area contributed by atoms with Crippen molar-refractivity contribution in [2.75, 3.05) is 10.2 Å². The van der Waals surface area contributed by atoms with E-state index in [0.717, 1.165) is 26.6 Å². The molecule has 1 aliphatic heterocycles. The monoisotopic (exact) mass is 468 g/mol. The molecule has 0 spiro atoms. The molecule has 2 amide bonds. The fraction of sp³-hybridized carbons (Fsp3) is 0.0833. The number of anilines is 2. The van der Waals surface area contributed by atoms with Crippen LogP contribution in [-0.2, 0) is 9.59 Å². The van der Waals surface area contributed by atoms with Crippen LogP contribution in [0.15, 0.2) is 82.2 Å². The summed E-state index contributed by atoms with van der Waals surface area (Å²) < 4.78 is 0. The van der Waals surface area contributed by atoms with Gasteiger partial charge in [-0.25, -0.2) is 4.90 Å². The Hall–Kier alpha value is -2.73. The third-order valence-electron chi connectivity index (χ3n) is 4.97. The number of nitrogens with zero attached hydrogens (tertiary/aromatic N) is 1. The van der Waals surface area contributed by atoms with Crippen LogP contribution in [0.3, 0.4) is 0 Å². The Bertz CT molecular complexity index is 1210. The molecule has 1 N–H and O–H groups in total. The number of halogens is 2. The first-order chi connectivity index (χ1) is 14.8.